The van der Waals surface area contributed by atoms with Crippen LogP contribution in [0.3, 0.4) is 0 Å². The zero-order chi connectivity index (χ0) is 13.6. The molecule has 0 atom stereocenters. The van der Waals surface area contributed by atoms with Gasteiger partial charge in [0.2, 0.25) is 0 Å². The number of aliphatic hydroxyl groups is 1. The summed E-state index contributed by atoms with van der Waals surface area (Å²) in [6, 6.07) is 0. The Morgan fingerprint density at radius 3 is 2.56 bits per heavy atom. The number of hydrogen-bond acceptors (Lipinski definition) is 3. The van der Waals surface area contributed by atoms with E-state index in [4.69, 9.17) is 5.11 Å². The summed E-state index contributed by atoms with van der Waals surface area (Å²) in [5.74, 6) is 0.252. The Labute approximate surface area is 110 Å². The van der Waals surface area contributed by atoms with Gasteiger partial charge in [-0.25, -0.2) is 0 Å². The molecule has 1 fully saturated rings. The molecule has 0 saturated carbocycles. The Bertz CT molecular complexity index is 348. The lowest BCUT2D eigenvalue weighted by molar-refractivity contribution is 0.167. The fourth-order valence-corrected chi connectivity index (χ4v) is 3.52. The maximum absolute atomic E-state index is 12.2. The minimum atomic E-state index is -3.32. The number of rotatable bonds is 7. The summed E-state index contributed by atoms with van der Waals surface area (Å²) in [4.78, 5) is 0. The van der Waals surface area contributed by atoms with Crippen molar-refractivity contribution in [1.29, 1.82) is 0 Å². The van der Waals surface area contributed by atoms with Gasteiger partial charge < -0.3 is 5.11 Å². The summed E-state index contributed by atoms with van der Waals surface area (Å²) < 4.78 is 27.4. The zero-order valence-corrected chi connectivity index (χ0v) is 11.9. The summed E-state index contributed by atoms with van der Waals surface area (Å²) in [7, 11) is -1.70. The van der Waals surface area contributed by atoms with E-state index in [1.807, 2.05) is 0 Å². The van der Waals surface area contributed by atoms with Crippen LogP contribution in [0.5, 0.6) is 0 Å². The van der Waals surface area contributed by atoms with E-state index in [9.17, 15) is 8.42 Å². The van der Waals surface area contributed by atoms with Crippen LogP contribution in [0.2, 0.25) is 0 Å². The lowest BCUT2D eigenvalue weighted by Crippen LogP contribution is -2.46. The van der Waals surface area contributed by atoms with Crippen molar-refractivity contribution >= 4 is 10.2 Å². The molecular weight excluding hydrogens is 252 g/mol. The molecule has 106 valence electrons. The molecule has 5 nitrogen and oxygen atoms in total. The molecule has 0 spiro atoms. The molecule has 0 amide bonds. The van der Waals surface area contributed by atoms with Gasteiger partial charge in [0.1, 0.15) is 0 Å². The van der Waals surface area contributed by atoms with Crippen molar-refractivity contribution in [2.24, 2.45) is 5.92 Å². The summed E-state index contributed by atoms with van der Waals surface area (Å²) in [5.41, 5.74) is 0. The Morgan fingerprint density at radius 1 is 1.44 bits per heavy atom. The van der Waals surface area contributed by atoms with Crippen LogP contribution >= 0.6 is 0 Å². The molecule has 1 N–H and O–H groups in total. The lowest BCUT2D eigenvalue weighted by atomic mass is 10.00. The van der Waals surface area contributed by atoms with Gasteiger partial charge in [0.25, 0.3) is 10.2 Å². The highest BCUT2D eigenvalue weighted by Crippen LogP contribution is 2.20. The molecule has 1 heterocycles. The van der Waals surface area contributed by atoms with Crippen molar-refractivity contribution in [2.45, 2.75) is 25.7 Å². The van der Waals surface area contributed by atoms with Crippen molar-refractivity contribution in [1.82, 2.24) is 8.61 Å². The van der Waals surface area contributed by atoms with Crippen LogP contribution in [-0.4, -0.2) is 55.4 Å². The largest absolute Gasteiger partial charge is 0.396 e. The second-order valence-corrected chi connectivity index (χ2v) is 6.82. The Hall–Kier alpha value is -0.430. The number of hydrogen-bond donors (Lipinski definition) is 1. The molecule has 0 aliphatic carbocycles. The minimum absolute atomic E-state index is 0.156. The lowest BCUT2D eigenvalue weighted by Gasteiger charge is -2.33. The minimum Gasteiger partial charge on any atom is -0.396 e. The topological polar surface area (TPSA) is 60.9 Å². The normalized spacial score (nSPS) is 19.3. The van der Waals surface area contributed by atoms with Crippen LogP contribution in [0.25, 0.3) is 0 Å². The van der Waals surface area contributed by atoms with Gasteiger partial charge in [-0.3, -0.25) is 0 Å². The third kappa shape index (κ3) is 4.05. The van der Waals surface area contributed by atoms with Crippen molar-refractivity contribution in [3.63, 3.8) is 0 Å². The molecule has 1 saturated heterocycles. The molecule has 0 radical (unpaired) electrons. The maximum atomic E-state index is 12.2. The van der Waals surface area contributed by atoms with Gasteiger partial charge in [-0.15, -0.1) is 6.58 Å². The number of nitrogens with zero attached hydrogens (tertiary/aromatic N) is 2. The van der Waals surface area contributed by atoms with Crippen LogP contribution in [0.1, 0.15) is 25.7 Å². The van der Waals surface area contributed by atoms with E-state index in [1.54, 1.807) is 13.1 Å². The highest BCUT2D eigenvalue weighted by atomic mass is 32.2. The zero-order valence-electron chi connectivity index (χ0n) is 11.1. The first-order valence-electron chi connectivity index (χ1n) is 6.45. The molecule has 1 aliphatic heterocycles. The van der Waals surface area contributed by atoms with Crippen LogP contribution in [0.15, 0.2) is 12.7 Å². The van der Waals surface area contributed by atoms with E-state index in [2.05, 4.69) is 6.58 Å². The third-order valence-electron chi connectivity index (χ3n) is 3.43. The van der Waals surface area contributed by atoms with Gasteiger partial charge in [0, 0.05) is 33.3 Å². The van der Waals surface area contributed by atoms with Crippen molar-refractivity contribution in [3.05, 3.63) is 12.7 Å². The van der Waals surface area contributed by atoms with E-state index >= 15 is 0 Å². The molecule has 0 unspecified atom stereocenters. The first kappa shape index (κ1) is 15.6. The quantitative estimate of drug-likeness (QED) is 0.553. The Morgan fingerprint density at radius 2 is 2.06 bits per heavy atom. The first-order valence-corrected chi connectivity index (χ1v) is 7.85. The number of unbranched alkanes of at least 4 members (excludes halogenated alkanes) is 1. The smallest absolute Gasteiger partial charge is 0.281 e. The SMILES string of the molecule is C=CCCCN(C)S(=O)(=O)N1CCC(CO)CC1. The average Bonchev–Trinajstić information content (AvgIpc) is 2.39. The predicted molar refractivity (Wildman–Crippen MR) is 72.4 cm³/mol. The Kier molecular flexibility index (Phi) is 6.28. The summed E-state index contributed by atoms with van der Waals surface area (Å²) in [6.07, 6.45) is 4.92. The maximum Gasteiger partial charge on any atom is 0.281 e. The van der Waals surface area contributed by atoms with E-state index < -0.39 is 10.2 Å². The van der Waals surface area contributed by atoms with E-state index in [0.29, 0.717) is 19.6 Å². The van der Waals surface area contributed by atoms with E-state index in [-0.39, 0.29) is 12.5 Å². The third-order valence-corrected chi connectivity index (χ3v) is 5.42. The Balaban J connectivity index is 2.50. The van der Waals surface area contributed by atoms with Gasteiger partial charge in [-0.2, -0.15) is 17.0 Å². The van der Waals surface area contributed by atoms with Crippen LogP contribution in [0.4, 0.5) is 0 Å². The van der Waals surface area contributed by atoms with Crippen LogP contribution in [0, 0.1) is 5.92 Å². The van der Waals surface area contributed by atoms with E-state index in [1.165, 1.54) is 8.61 Å². The standard InChI is InChI=1S/C12H24N2O3S/c1-3-4-5-8-13(2)18(16,17)14-9-6-12(11-15)7-10-14/h3,12,15H,1,4-11H2,2H3. The van der Waals surface area contributed by atoms with Gasteiger partial charge in [-0.1, -0.05) is 6.08 Å². The second-order valence-electron chi connectivity index (χ2n) is 4.79. The molecule has 6 heteroatoms. The van der Waals surface area contributed by atoms with Crippen LogP contribution < -0.4 is 0 Å². The predicted octanol–water partition coefficient (Wildman–Crippen LogP) is 0.834. The molecule has 1 rings (SSSR count). The highest BCUT2D eigenvalue weighted by Gasteiger charge is 2.30. The summed E-state index contributed by atoms with van der Waals surface area (Å²) >= 11 is 0. The fourth-order valence-electron chi connectivity index (χ4n) is 2.09. The van der Waals surface area contributed by atoms with Crippen LogP contribution in [-0.2, 0) is 10.2 Å². The molecule has 18 heavy (non-hydrogen) atoms. The molecule has 0 bridgehead atoms. The molecular formula is C12H24N2O3S. The molecule has 1 aliphatic rings. The van der Waals surface area contributed by atoms with Crippen molar-refractivity contribution in [3.8, 4) is 0 Å². The molecule has 0 aromatic carbocycles. The average molecular weight is 276 g/mol. The monoisotopic (exact) mass is 276 g/mol. The first-order chi connectivity index (χ1) is 8.52. The number of aliphatic hydroxyl groups excluding tert-OH is 1. The van der Waals surface area contributed by atoms with Gasteiger partial charge in [-0.05, 0) is 31.6 Å². The van der Waals surface area contributed by atoms with Crippen molar-refractivity contribution < 1.29 is 13.5 Å². The van der Waals surface area contributed by atoms with Gasteiger partial charge >= 0.3 is 0 Å². The molecule has 0 aromatic heterocycles. The van der Waals surface area contributed by atoms with Crippen molar-refractivity contribution in [2.75, 3.05) is 33.3 Å². The molecule has 0 aromatic rings. The summed E-state index contributed by atoms with van der Waals surface area (Å²) in [5, 5.41) is 9.04. The van der Waals surface area contributed by atoms with E-state index in [0.717, 1.165) is 25.7 Å². The van der Waals surface area contributed by atoms with Gasteiger partial charge in [0.15, 0.2) is 0 Å². The second kappa shape index (κ2) is 7.23. The number of allylic oxidation sites excluding steroid dienone is 1. The number of piperidine rings is 1. The summed E-state index contributed by atoms with van der Waals surface area (Å²) in [6.45, 7) is 5.33. The highest BCUT2D eigenvalue weighted by molar-refractivity contribution is 7.86. The van der Waals surface area contributed by atoms with Gasteiger partial charge in [0.05, 0.1) is 0 Å². The fraction of sp³-hybridized carbons (Fsp3) is 0.833.